The Morgan fingerprint density at radius 2 is 2.00 bits per heavy atom. The van der Waals surface area contributed by atoms with Gasteiger partial charge >= 0.3 is 0 Å². The Morgan fingerprint density at radius 3 is 2.67 bits per heavy atom. The number of likely N-dealkylation sites (N-methyl/N-ethyl adjacent to an activating group) is 1. The van der Waals surface area contributed by atoms with Crippen molar-refractivity contribution in [1.29, 1.82) is 0 Å². The lowest BCUT2D eigenvalue weighted by Crippen LogP contribution is -2.25. The summed E-state index contributed by atoms with van der Waals surface area (Å²) < 4.78 is 24.6. The van der Waals surface area contributed by atoms with E-state index >= 15 is 0 Å². The van der Waals surface area contributed by atoms with Gasteiger partial charge in [-0.2, -0.15) is 0 Å². The highest BCUT2D eigenvalue weighted by Crippen LogP contribution is 2.19. The van der Waals surface area contributed by atoms with Crippen LogP contribution in [0.5, 0.6) is 0 Å². The third kappa shape index (κ3) is 5.12. The Hall–Kier alpha value is -0.970. The first kappa shape index (κ1) is 15.1. The van der Waals surface area contributed by atoms with Crippen LogP contribution in [0.2, 0.25) is 0 Å². The summed E-state index contributed by atoms with van der Waals surface area (Å²) in [7, 11) is 0. The van der Waals surface area contributed by atoms with Crippen molar-refractivity contribution in [2.45, 2.75) is 20.0 Å². The van der Waals surface area contributed by atoms with E-state index in [1.54, 1.807) is 12.1 Å². The first-order chi connectivity index (χ1) is 8.79. The quantitative estimate of drug-likeness (QED) is 0.688. The molecule has 0 aliphatic carbocycles. The number of ether oxygens (including phenoxy) is 2. The normalized spacial score (nSPS) is 12.6. The first-order valence-electron chi connectivity index (χ1n) is 6.44. The van der Waals surface area contributed by atoms with Gasteiger partial charge in [-0.25, -0.2) is 4.39 Å². The summed E-state index contributed by atoms with van der Waals surface area (Å²) >= 11 is 0. The maximum Gasteiger partial charge on any atom is 0.129 e. The highest BCUT2D eigenvalue weighted by Gasteiger charge is 2.15. The second kappa shape index (κ2) is 9.03. The van der Waals surface area contributed by atoms with Crippen LogP contribution in [0.1, 0.15) is 25.5 Å². The lowest BCUT2D eigenvalue weighted by molar-refractivity contribution is 0.00566. The summed E-state index contributed by atoms with van der Waals surface area (Å²) in [5.74, 6) is -0.225. The van der Waals surface area contributed by atoms with Gasteiger partial charge in [-0.15, -0.1) is 0 Å². The van der Waals surface area contributed by atoms with E-state index in [-0.39, 0.29) is 11.9 Å². The van der Waals surface area contributed by atoms with E-state index in [4.69, 9.17) is 9.47 Å². The molecule has 0 spiro atoms. The van der Waals surface area contributed by atoms with Gasteiger partial charge in [-0.05, 0) is 19.5 Å². The Kier molecular flexibility index (Phi) is 7.57. The fraction of sp³-hybridized carbons (Fsp3) is 0.571. The lowest BCUT2D eigenvalue weighted by Gasteiger charge is -2.19. The third-order valence-electron chi connectivity index (χ3n) is 2.58. The van der Waals surface area contributed by atoms with Crippen molar-refractivity contribution in [1.82, 2.24) is 5.32 Å². The number of rotatable bonds is 9. The van der Waals surface area contributed by atoms with Crippen molar-refractivity contribution in [2.75, 3.05) is 32.9 Å². The molecule has 1 aromatic carbocycles. The fourth-order valence-electron chi connectivity index (χ4n) is 1.66. The van der Waals surface area contributed by atoms with Gasteiger partial charge in [0.2, 0.25) is 0 Å². The Labute approximate surface area is 108 Å². The van der Waals surface area contributed by atoms with Gasteiger partial charge in [0.05, 0.1) is 19.3 Å². The molecule has 1 aromatic rings. The summed E-state index contributed by atoms with van der Waals surface area (Å²) in [6, 6.07) is 6.73. The van der Waals surface area contributed by atoms with E-state index in [1.807, 2.05) is 19.9 Å². The summed E-state index contributed by atoms with van der Waals surface area (Å²) in [5.41, 5.74) is 0.593. The van der Waals surface area contributed by atoms with Crippen LogP contribution >= 0.6 is 0 Å². The second-order valence-corrected chi connectivity index (χ2v) is 3.89. The van der Waals surface area contributed by atoms with Gasteiger partial charge in [0.25, 0.3) is 0 Å². The summed E-state index contributed by atoms with van der Waals surface area (Å²) in [6.45, 7) is 7.06. The zero-order chi connectivity index (χ0) is 13.2. The van der Waals surface area contributed by atoms with Crippen molar-refractivity contribution < 1.29 is 13.9 Å². The molecule has 0 aliphatic heterocycles. The molecule has 102 valence electrons. The summed E-state index contributed by atoms with van der Waals surface area (Å²) in [5, 5.41) is 3.18. The molecular weight excluding hydrogens is 233 g/mol. The molecule has 0 fully saturated rings. The van der Waals surface area contributed by atoms with Crippen molar-refractivity contribution >= 4 is 0 Å². The molecule has 0 aromatic heterocycles. The predicted molar refractivity (Wildman–Crippen MR) is 70.1 cm³/mol. The fourth-order valence-corrected chi connectivity index (χ4v) is 1.66. The Morgan fingerprint density at radius 1 is 1.22 bits per heavy atom. The number of nitrogens with one attached hydrogen (secondary N) is 1. The average molecular weight is 255 g/mol. The molecule has 1 atom stereocenters. The largest absolute Gasteiger partial charge is 0.379 e. The van der Waals surface area contributed by atoms with Gasteiger partial charge in [-0.1, -0.05) is 25.1 Å². The molecule has 0 heterocycles. The van der Waals surface area contributed by atoms with Gasteiger partial charge in [-0.3, -0.25) is 0 Å². The second-order valence-electron chi connectivity index (χ2n) is 3.89. The highest BCUT2D eigenvalue weighted by molar-refractivity contribution is 5.20. The number of benzene rings is 1. The minimum absolute atomic E-state index is 0.225. The number of hydrogen-bond acceptors (Lipinski definition) is 3. The molecule has 0 bridgehead atoms. The van der Waals surface area contributed by atoms with Crippen LogP contribution in [0.15, 0.2) is 24.3 Å². The zero-order valence-corrected chi connectivity index (χ0v) is 11.1. The number of hydrogen-bond donors (Lipinski definition) is 1. The maximum atomic E-state index is 13.7. The molecule has 4 heteroatoms. The van der Waals surface area contributed by atoms with E-state index < -0.39 is 0 Å². The van der Waals surface area contributed by atoms with E-state index in [0.29, 0.717) is 31.9 Å². The molecule has 0 aliphatic rings. The third-order valence-corrected chi connectivity index (χ3v) is 2.58. The van der Waals surface area contributed by atoms with E-state index in [1.165, 1.54) is 6.07 Å². The summed E-state index contributed by atoms with van der Waals surface area (Å²) in [6.07, 6.45) is -0.272. The van der Waals surface area contributed by atoms with Crippen molar-refractivity contribution in [3.63, 3.8) is 0 Å². The topological polar surface area (TPSA) is 30.5 Å². The van der Waals surface area contributed by atoms with Crippen molar-refractivity contribution in [3.05, 3.63) is 35.6 Å². The molecule has 0 saturated heterocycles. The van der Waals surface area contributed by atoms with Crippen LogP contribution in [0.25, 0.3) is 0 Å². The minimum Gasteiger partial charge on any atom is -0.379 e. The predicted octanol–water partition coefficient (Wildman–Crippen LogP) is 2.53. The van der Waals surface area contributed by atoms with Crippen LogP contribution < -0.4 is 5.32 Å². The van der Waals surface area contributed by atoms with Gasteiger partial charge in [0, 0.05) is 18.7 Å². The van der Waals surface area contributed by atoms with Crippen LogP contribution in [0.3, 0.4) is 0 Å². The standard InChI is InChI=1S/C14H22FNO2/c1-3-16-11-14(18-10-9-17-4-2)12-7-5-6-8-13(12)15/h5-8,14,16H,3-4,9-11H2,1-2H3. The zero-order valence-electron chi connectivity index (χ0n) is 11.1. The molecule has 0 radical (unpaired) electrons. The van der Waals surface area contributed by atoms with Gasteiger partial charge in [0.15, 0.2) is 0 Å². The maximum absolute atomic E-state index is 13.7. The smallest absolute Gasteiger partial charge is 0.129 e. The molecule has 3 nitrogen and oxygen atoms in total. The van der Waals surface area contributed by atoms with Crippen LogP contribution in [0.4, 0.5) is 4.39 Å². The van der Waals surface area contributed by atoms with Crippen LogP contribution in [-0.2, 0) is 9.47 Å². The lowest BCUT2D eigenvalue weighted by atomic mass is 10.1. The van der Waals surface area contributed by atoms with E-state index in [9.17, 15) is 4.39 Å². The molecular formula is C14H22FNO2. The Bertz CT molecular complexity index is 333. The number of halogens is 1. The van der Waals surface area contributed by atoms with Crippen molar-refractivity contribution in [2.24, 2.45) is 0 Å². The van der Waals surface area contributed by atoms with Crippen molar-refractivity contribution in [3.8, 4) is 0 Å². The molecule has 1 N–H and O–H groups in total. The van der Waals surface area contributed by atoms with E-state index in [0.717, 1.165) is 6.54 Å². The molecule has 1 unspecified atom stereocenters. The average Bonchev–Trinajstić information content (AvgIpc) is 2.39. The molecule has 1 rings (SSSR count). The molecule has 18 heavy (non-hydrogen) atoms. The minimum atomic E-state index is -0.272. The first-order valence-corrected chi connectivity index (χ1v) is 6.44. The highest BCUT2D eigenvalue weighted by atomic mass is 19.1. The molecule has 0 amide bonds. The Balaban J connectivity index is 2.57. The SMILES string of the molecule is CCNCC(OCCOCC)c1ccccc1F. The monoisotopic (exact) mass is 255 g/mol. The van der Waals surface area contributed by atoms with Gasteiger partial charge in [0.1, 0.15) is 5.82 Å². The molecule has 0 saturated carbocycles. The van der Waals surface area contributed by atoms with Crippen LogP contribution in [-0.4, -0.2) is 32.9 Å². The summed E-state index contributed by atoms with van der Waals surface area (Å²) in [4.78, 5) is 0. The van der Waals surface area contributed by atoms with Crippen LogP contribution in [0, 0.1) is 5.82 Å². The van der Waals surface area contributed by atoms with Gasteiger partial charge < -0.3 is 14.8 Å². The van der Waals surface area contributed by atoms with E-state index in [2.05, 4.69) is 5.32 Å².